The summed E-state index contributed by atoms with van der Waals surface area (Å²) in [7, 11) is 0. The lowest BCUT2D eigenvalue weighted by molar-refractivity contribution is -0.140. The molecule has 0 fully saturated rings. The molecule has 20 heavy (non-hydrogen) atoms. The molecule has 1 amide bonds. The first kappa shape index (κ1) is 16.0. The van der Waals surface area contributed by atoms with Crippen LogP contribution in [0.4, 0.5) is 4.79 Å². The van der Waals surface area contributed by atoms with Crippen LogP contribution in [-0.4, -0.2) is 35.9 Å². The number of rotatable bonds is 6. The van der Waals surface area contributed by atoms with Gasteiger partial charge in [0.05, 0.1) is 6.26 Å². The van der Waals surface area contributed by atoms with Crippen LogP contribution in [0.5, 0.6) is 0 Å². The van der Waals surface area contributed by atoms with Crippen LogP contribution in [0, 0.1) is 0 Å². The molecule has 1 aromatic rings. The van der Waals surface area contributed by atoms with E-state index in [1.807, 2.05) is 0 Å². The van der Waals surface area contributed by atoms with Gasteiger partial charge in [0.1, 0.15) is 11.4 Å². The molecular weight excluding hydrogens is 264 g/mol. The number of nitrogens with one attached hydrogen (secondary N) is 2. The molecule has 0 bridgehead atoms. The number of alkyl carbamates (subject to hydrolysis) is 1. The molecule has 1 heterocycles. The zero-order valence-electron chi connectivity index (χ0n) is 11.8. The van der Waals surface area contributed by atoms with E-state index in [2.05, 4.69) is 10.6 Å². The van der Waals surface area contributed by atoms with Crippen molar-refractivity contribution in [3.8, 4) is 0 Å². The fourth-order valence-corrected chi connectivity index (χ4v) is 1.46. The first-order valence-corrected chi connectivity index (χ1v) is 6.26. The second kappa shape index (κ2) is 6.95. The fraction of sp³-hybridized carbons (Fsp3) is 0.538. The summed E-state index contributed by atoms with van der Waals surface area (Å²) in [5.41, 5.74) is -0.560. The molecule has 0 aliphatic carbocycles. The lowest BCUT2D eigenvalue weighted by Gasteiger charge is -2.20. The van der Waals surface area contributed by atoms with Crippen molar-refractivity contribution in [2.24, 2.45) is 0 Å². The number of carboxylic acid groups (broad SMARTS) is 1. The van der Waals surface area contributed by atoms with Crippen molar-refractivity contribution >= 4 is 12.1 Å². The average Bonchev–Trinajstić information content (AvgIpc) is 2.79. The Morgan fingerprint density at radius 3 is 2.60 bits per heavy atom. The summed E-state index contributed by atoms with van der Waals surface area (Å²) < 4.78 is 10.1. The summed E-state index contributed by atoms with van der Waals surface area (Å²) in [6.07, 6.45) is 0.871. The minimum absolute atomic E-state index is 0.249. The molecule has 0 unspecified atom stereocenters. The van der Waals surface area contributed by atoms with Crippen LogP contribution < -0.4 is 10.6 Å². The Bertz CT molecular complexity index is 436. The minimum Gasteiger partial charge on any atom is -0.480 e. The third-order valence-electron chi connectivity index (χ3n) is 2.22. The van der Waals surface area contributed by atoms with Gasteiger partial charge in [0.25, 0.3) is 0 Å². The molecular formula is C13H20N2O5. The Hall–Kier alpha value is -2.02. The van der Waals surface area contributed by atoms with Gasteiger partial charge in [-0.05, 0) is 32.9 Å². The predicted molar refractivity (Wildman–Crippen MR) is 71.3 cm³/mol. The summed E-state index contributed by atoms with van der Waals surface area (Å²) in [6, 6.07) is 2.25. The van der Waals surface area contributed by atoms with Gasteiger partial charge in [-0.1, -0.05) is 0 Å². The Labute approximate surface area is 117 Å². The standard InChI is InChI=1S/C13H20N2O5/c1-13(2,3)20-12(18)15-7-6-14-10(11(16)17)9-5-4-8-19-9/h4-5,8,10,14H,6-7H2,1-3H3,(H,15,18)(H,16,17)/t10-/m0/s1. The molecule has 3 N–H and O–H groups in total. The quantitative estimate of drug-likeness (QED) is 0.685. The molecule has 7 nitrogen and oxygen atoms in total. The van der Waals surface area contributed by atoms with Gasteiger partial charge in [-0.15, -0.1) is 0 Å². The molecule has 0 radical (unpaired) electrons. The molecule has 0 saturated carbocycles. The summed E-state index contributed by atoms with van der Waals surface area (Å²) in [4.78, 5) is 22.4. The number of hydrogen-bond donors (Lipinski definition) is 3. The van der Waals surface area contributed by atoms with Crippen LogP contribution in [0.1, 0.15) is 32.6 Å². The SMILES string of the molecule is CC(C)(C)OC(=O)NCCN[C@H](C(=O)O)c1ccco1. The topological polar surface area (TPSA) is 101 Å². The summed E-state index contributed by atoms with van der Waals surface area (Å²) in [5, 5.41) is 14.4. The van der Waals surface area contributed by atoms with Crippen LogP contribution >= 0.6 is 0 Å². The molecule has 0 aromatic carbocycles. The Morgan fingerprint density at radius 2 is 2.10 bits per heavy atom. The van der Waals surface area contributed by atoms with E-state index in [1.165, 1.54) is 6.26 Å². The van der Waals surface area contributed by atoms with Gasteiger partial charge in [0.15, 0.2) is 6.04 Å². The van der Waals surface area contributed by atoms with Crippen molar-refractivity contribution in [1.29, 1.82) is 0 Å². The Kier molecular flexibility index (Phi) is 5.57. The third-order valence-corrected chi connectivity index (χ3v) is 2.22. The maximum atomic E-state index is 11.4. The van der Waals surface area contributed by atoms with E-state index in [0.717, 1.165) is 0 Å². The number of carbonyl (C=O) groups is 2. The highest BCUT2D eigenvalue weighted by Crippen LogP contribution is 2.13. The number of furan rings is 1. The molecule has 1 aromatic heterocycles. The largest absolute Gasteiger partial charge is 0.480 e. The van der Waals surface area contributed by atoms with Gasteiger partial charge >= 0.3 is 12.1 Å². The highest BCUT2D eigenvalue weighted by molar-refractivity contribution is 5.74. The zero-order chi connectivity index (χ0) is 15.2. The van der Waals surface area contributed by atoms with Crippen LogP contribution in [0.25, 0.3) is 0 Å². The number of ether oxygens (including phenoxy) is 1. The molecule has 1 atom stereocenters. The van der Waals surface area contributed by atoms with Crippen LogP contribution in [-0.2, 0) is 9.53 Å². The monoisotopic (exact) mass is 284 g/mol. The third kappa shape index (κ3) is 5.75. The van der Waals surface area contributed by atoms with Crippen molar-refractivity contribution < 1.29 is 23.8 Å². The zero-order valence-corrected chi connectivity index (χ0v) is 11.8. The van der Waals surface area contributed by atoms with E-state index in [-0.39, 0.29) is 13.1 Å². The van der Waals surface area contributed by atoms with Crippen molar-refractivity contribution in [2.45, 2.75) is 32.4 Å². The number of amides is 1. The van der Waals surface area contributed by atoms with Gasteiger partial charge in [0, 0.05) is 13.1 Å². The minimum atomic E-state index is -1.04. The molecule has 7 heteroatoms. The maximum Gasteiger partial charge on any atom is 0.407 e. The molecule has 0 aliphatic rings. The summed E-state index contributed by atoms with van der Waals surface area (Å²) in [6.45, 7) is 5.82. The highest BCUT2D eigenvalue weighted by Gasteiger charge is 2.21. The van der Waals surface area contributed by atoms with Gasteiger partial charge in [-0.2, -0.15) is 0 Å². The molecule has 0 spiro atoms. The van der Waals surface area contributed by atoms with Gasteiger partial charge in [0.2, 0.25) is 0 Å². The van der Waals surface area contributed by atoms with Gasteiger partial charge in [-0.25, -0.2) is 4.79 Å². The van der Waals surface area contributed by atoms with Crippen LogP contribution in [0.2, 0.25) is 0 Å². The molecule has 1 rings (SSSR count). The molecule has 112 valence electrons. The first-order valence-electron chi connectivity index (χ1n) is 6.26. The lowest BCUT2D eigenvalue weighted by atomic mass is 10.2. The highest BCUT2D eigenvalue weighted by atomic mass is 16.6. The van der Waals surface area contributed by atoms with E-state index in [9.17, 15) is 9.59 Å². The second-order valence-corrected chi connectivity index (χ2v) is 5.17. The van der Waals surface area contributed by atoms with Gasteiger partial charge < -0.3 is 19.6 Å². The number of aliphatic carboxylic acids is 1. The first-order chi connectivity index (χ1) is 9.29. The summed E-state index contributed by atoms with van der Waals surface area (Å²) in [5.74, 6) is -0.730. The second-order valence-electron chi connectivity index (χ2n) is 5.17. The summed E-state index contributed by atoms with van der Waals surface area (Å²) >= 11 is 0. The Balaban J connectivity index is 2.32. The lowest BCUT2D eigenvalue weighted by Crippen LogP contribution is -2.38. The Morgan fingerprint density at radius 1 is 1.40 bits per heavy atom. The van der Waals surface area contributed by atoms with Crippen molar-refractivity contribution in [1.82, 2.24) is 10.6 Å². The number of carboxylic acids is 1. The van der Waals surface area contributed by atoms with Crippen LogP contribution in [0.15, 0.2) is 22.8 Å². The van der Waals surface area contributed by atoms with E-state index < -0.39 is 23.7 Å². The van der Waals surface area contributed by atoms with Crippen molar-refractivity contribution in [2.75, 3.05) is 13.1 Å². The van der Waals surface area contributed by atoms with Crippen molar-refractivity contribution in [3.63, 3.8) is 0 Å². The maximum absolute atomic E-state index is 11.4. The van der Waals surface area contributed by atoms with E-state index >= 15 is 0 Å². The van der Waals surface area contributed by atoms with E-state index in [4.69, 9.17) is 14.3 Å². The average molecular weight is 284 g/mol. The van der Waals surface area contributed by atoms with E-state index in [0.29, 0.717) is 5.76 Å². The predicted octanol–water partition coefficient (Wildman–Crippen LogP) is 1.52. The van der Waals surface area contributed by atoms with Gasteiger partial charge in [-0.3, -0.25) is 10.1 Å². The van der Waals surface area contributed by atoms with Crippen LogP contribution in [0.3, 0.4) is 0 Å². The number of hydrogen-bond acceptors (Lipinski definition) is 5. The smallest absolute Gasteiger partial charge is 0.407 e. The van der Waals surface area contributed by atoms with Crippen molar-refractivity contribution in [3.05, 3.63) is 24.2 Å². The molecule has 0 saturated heterocycles. The molecule has 0 aliphatic heterocycles. The van der Waals surface area contributed by atoms with E-state index in [1.54, 1.807) is 32.9 Å². The fourth-order valence-electron chi connectivity index (χ4n) is 1.46. The normalized spacial score (nSPS) is 12.8. The number of carbonyl (C=O) groups excluding carboxylic acids is 1.